The predicted molar refractivity (Wildman–Crippen MR) is 118 cm³/mol. The Morgan fingerprint density at radius 1 is 1.32 bits per heavy atom. The second-order valence-corrected chi connectivity index (χ2v) is 8.82. The molecular weight excluding hydrogens is 419 g/mol. The summed E-state index contributed by atoms with van der Waals surface area (Å²) in [7, 11) is 0. The highest BCUT2D eigenvalue weighted by Gasteiger charge is 2.20. The maximum absolute atomic E-state index is 13.7. The lowest BCUT2D eigenvalue weighted by Gasteiger charge is -2.21. The van der Waals surface area contributed by atoms with E-state index in [-0.39, 0.29) is 17.7 Å². The number of carbonyl (C=O) groups is 1. The number of anilines is 2. The van der Waals surface area contributed by atoms with Gasteiger partial charge in [-0.2, -0.15) is 0 Å². The summed E-state index contributed by atoms with van der Waals surface area (Å²) in [4.78, 5) is 26.4. The van der Waals surface area contributed by atoms with Crippen LogP contribution in [0.15, 0.2) is 24.5 Å². The molecule has 4 rings (SSSR count). The molecule has 0 bridgehead atoms. The molecule has 0 aliphatic carbocycles. The Balaban J connectivity index is 1.53. The normalized spacial score (nSPS) is 14.8. The van der Waals surface area contributed by atoms with E-state index in [2.05, 4.69) is 20.3 Å². The molecule has 0 spiro atoms. The van der Waals surface area contributed by atoms with Crippen molar-refractivity contribution < 1.29 is 18.7 Å². The van der Waals surface area contributed by atoms with Crippen molar-refractivity contribution in [2.24, 2.45) is 5.92 Å². The van der Waals surface area contributed by atoms with E-state index in [4.69, 9.17) is 9.47 Å². The number of halogens is 1. The highest BCUT2D eigenvalue weighted by molar-refractivity contribution is 7.20. The third-order valence-electron chi connectivity index (χ3n) is 5.11. The number of hydrogen-bond donors (Lipinski definition) is 1. The van der Waals surface area contributed by atoms with Crippen molar-refractivity contribution in [1.82, 2.24) is 15.0 Å². The van der Waals surface area contributed by atoms with Crippen LogP contribution in [0.1, 0.15) is 49.3 Å². The summed E-state index contributed by atoms with van der Waals surface area (Å²) in [6, 6.07) is 4.26. The summed E-state index contributed by atoms with van der Waals surface area (Å²) in [5, 5.41) is 3.59. The molecule has 164 valence electrons. The first-order valence-corrected chi connectivity index (χ1v) is 11.3. The monoisotopic (exact) mass is 444 g/mol. The number of rotatable bonds is 8. The van der Waals surface area contributed by atoms with E-state index in [1.54, 1.807) is 6.07 Å². The fourth-order valence-corrected chi connectivity index (χ4v) is 4.40. The van der Waals surface area contributed by atoms with E-state index in [0.29, 0.717) is 44.9 Å². The van der Waals surface area contributed by atoms with Crippen LogP contribution in [0.25, 0.3) is 10.3 Å². The predicted octanol–water partition coefficient (Wildman–Crippen LogP) is 5.15. The molecule has 1 aliphatic heterocycles. The molecule has 1 fully saturated rings. The van der Waals surface area contributed by atoms with Crippen molar-refractivity contribution >= 4 is 39.0 Å². The second kappa shape index (κ2) is 9.65. The molecule has 0 atom stereocenters. The largest absolute Gasteiger partial charge is 0.489 e. The molecule has 3 aromatic rings. The van der Waals surface area contributed by atoms with E-state index < -0.39 is 0 Å². The van der Waals surface area contributed by atoms with Crippen molar-refractivity contribution in [3.05, 3.63) is 35.4 Å². The Morgan fingerprint density at radius 2 is 2.13 bits per heavy atom. The number of carbonyl (C=O) groups excluding carboxylic acids is 1. The van der Waals surface area contributed by atoms with Crippen LogP contribution in [0.5, 0.6) is 5.75 Å². The fourth-order valence-electron chi connectivity index (χ4n) is 3.52. The van der Waals surface area contributed by atoms with Crippen LogP contribution < -0.4 is 10.1 Å². The van der Waals surface area contributed by atoms with E-state index in [0.717, 1.165) is 32.5 Å². The Hall–Kier alpha value is -2.65. The van der Waals surface area contributed by atoms with Gasteiger partial charge in [-0.3, -0.25) is 4.79 Å². The van der Waals surface area contributed by atoms with Gasteiger partial charge in [0.2, 0.25) is 0 Å². The number of ketones is 1. The molecule has 2 aromatic heterocycles. The Labute approximate surface area is 184 Å². The van der Waals surface area contributed by atoms with Gasteiger partial charge in [-0.1, -0.05) is 11.3 Å². The van der Waals surface area contributed by atoms with Gasteiger partial charge in [0, 0.05) is 25.7 Å². The van der Waals surface area contributed by atoms with E-state index >= 15 is 0 Å². The SMILES string of the molecule is CC(C)Oc1cc(F)ccc1Nc1ncnc2sc(C(=O)CCC3CCOCC3)nc12. The van der Waals surface area contributed by atoms with Gasteiger partial charge in [0.05, 0.1) is 11.8 Å². The minimum atomic E-state index is -0.389. The van der Waals surface area contributed by atoms with Gasteiger partial charge in [0.25, 0.3) is 0 Å². The lowest BCUT2D eigenvalue weighted by molar-refractivity contribution is 0.0619. The van der Waals surface area contributed by atoms with Gasteiger partial charge in [-0.15, -0.1) is 0 Å². The molecule has 0 radical (unpaired) electrons. The molecule has 0 saturated carbocycles. The summed E-state index contributed by atoms with van der Waals surface area (Å²) < 4.78 is 24.8. The van der Waals surface area contributed by atoms with Gasteiger partial charge in [-0.25, -0.2) is 19.3 Å². The van der Waals surface area contributed by atoms with Crippen molar-refractivity contribution in [3.8, 4) is 5.75 Å². The van der Waals surface area contributed by atoms with Crippen LogP contribution in [0.4, 0.5) is 15.9 Å². The van der Waals surface area contributed by atoms with E-state index in [9.17, 15) is 9.18 Å². The Morgan fingerprint density at radius 3 is 2.90 bits per heavy atom. The molecule has 3 heterocycles. The minimum Gasteiger partial charge on any atom is -0.489 e. The van der Waals surface area contributed by atoms with Gasteiger partial charge in [-0.05, 0) is 51.2 Å². The Kier molecular flexibility index (Phi) is 6.72. The van der Waals surface area contributed by atoms with Crippen molar-refractivity contribution in [1.29, 1.82) is 0 Å². The highest BCUT2D eigenvalue weighted by atomic mass is 32.1. The van der Waals surface area contributed by atoms with Gasteiger partial charge >= 0.3 is 0 Å². The van der Waals surface area contributed by atoms with Gasteiger partial charge < -0.3 is 14.8 Å². The molecular formula is C22H25FN4O3S. The van der Waals surface area contributed by atoms with Crippen LogP contribution in [0.3, 0.4) is 0 Å². The van der Waals surface area contributed by atoms with Crippen LogP contribution in [0.2, 0.25) is 0 Å². The first-order chi connectivity index (χ1) is 15.0. The average Bonchev–Trinajstić information content (AvgIpc) is 3.20. The molecule has 1 aliphatic rings. The third-order valence-corrected chi connectivity index (χ3v) is 6.12. The number of nitrogens with one attached hydrogen (secondary N) is 1. The summed E-state index contributed by atoms with van der Waals surface area (Å²) >= 11 is 1.27. The third kappa shape index (κ3) is 5.34. The number of thiazole rings is 1. The number of aromatic nitrogens is 3. The summed E-state index contributed by atoms with van der Waals surface area (Å²) in [6.45, 7) is 5.29. The fraction of sp³-hybridized carbons (Fsp3) is 0.455. The minimum absolute atomic E-state index is 0.0195. The zero-order chi connectivity index (χ0) is 21.8. The summed E-state index contributed by atoms with van der Waals surface area (Å²) in [6.07, 6.45) is 4.62. The zero-order valence-electron chi connectivity index (χ0n) is 17.6. The first kappa shape index (κ1) is 21.6. The van der Waals surface area contributed by atoms with Crippen LogP contribution in [0, 0.1) is 11.7 Å². The molecule has 1 saturated heterocycles. The number of ether oxygens (including phenoxy) is 2. The molecule has 7 nitrogen and oxygen atoms in total. The Bertz CT molecular complexity index is 1070. The van der Waals surface area contributed by atoms with Gasteiger partial charge in [0.15, 0.2) is 16.6 Å². The lowest BCUT2D eigenvalue weighted by atomic mass is 9.94. The van der Waals surface area contributed by atoms with Crippen molar-refractivity contribution in [2.45, 2.75) is 45.6 Å². The second-order valence-electron chi connectivity index (χ2n) is 7.84. The van der Waals surface area contributed by atoms with Gasteiger partial charge in [0.1, 0.15) is 28.2 Å². The number of hydrogen-bond acceptors (Lipinski definition) is 8. The van der Waals surface area contributed by atoms with Crippen LogP contribution >= 0.6 is 11.3 Å². The first-order valence-electron chi connectivity index (χ1n) is 10.5. The molecule has 0 amide bonds. The number of fused-ring (bicyclic) bond motifs is 1. The molecule has 1 N–H and O–H groups in total. The molecule has 1 aromatic carbocycles. The molecule has 0 unspecified atom stereocenters. The molecule has 9 heteroatoms. The summed E-state index contributed by atoms with van der Waals surface area (Å²) in [5.74, 6) is 0.989. The zero-order valence-corrected chi connectivity index (χ0v) is 18.4. The van der Waals surface area contributed by atoms with Crippen LogP contribution in [-0.4, -0.2) is 40.1 Å². The van der Waals surface area contributed by atoms with Crippen molar-refractivity contribution in [3.63, 3.8) is 0 Å². The van der Waals surface area contributed by atoms with Crippen molar-refractivity contribution in [2.75, 3.05) is 18.5 Å². The number of nitrogens with zero attached hydrogens (tertiary/aromatic N) is 3. The van der Waals surface area contributed by atoms with E-state index in [1.807, 2.05) is 13.8 Å². The smallest absolute Gasteiger partial charge is 0.191 e. The summed E-state index contributed by atoms with van der Waals surface area (Å²) in [5.41, 5.74) is 1.08. The number of Topliss-reactive ketones (excluding diaryl/α,β-unsaturated/α-hetero) is 1. The number of benzene rings is 1. The quantitative estimate of drug-likeness (QED) is 0.481. The maximum atomic E-state index is 13.7. The molecule has 31 heavy (non-hydrogen) atoms. The highest BCUT2D eigenvalue weighted by Crippen LogP contribution is 2.33. The average molecular weight is 445 g/mol. The standard InChI is InChI=1S/C22H25FN4O3S/c1-13(2)30-18-11-15(23)4-5-16(18)26-20-19-22(25-12-24-20)31-21(27-19)17(28)6-3-14-7-9-29-10-8-14/h4-5,11-14H,3,6-10H2,1-2H3,(H,24,25,26). The van der Waals surface area contributed by atoms with E-state index in [1.165, 1.54) is 29.8 Å². The van der Waals surface area contributed by atoms with Crippen LogP contribution in [-0.2, 0) is 4.74 Å². The maximum Gasteiger partial charge on any atom is 0.191 e. The lowest BCUT2D eigenvalue weighted by Crippen LogP contribution is -2.16. The topological polar surface area (TPSA) is 86.2 Å².